The average Bonchev–Trinajstić information content (AvgIpc) is 3.14. The van der Waals surface area contributed by atoms with Crippen LogP contribution in [0.3, 0.4) is 0 Å². The summed E-state index contributed by atoms with van der Waals surface area (Å²) in [5.74, 6) is 0.211. The highest BCUT2D eigenvalue weighted by molar-refractivity contribution is 5.55. The van der Waals surface area contributed by atoms with Gasteiger partial charge in [0.05, 0.1) is 0 Å². The Morgan fingerprint density at radius 3 is 2.95 bits per heavy atom. The molecule has 5 nitrogen and oxygen atoms in total. The highest BCUT2D eigenvalue weighted by atomic mass is 19.1. The minimum Gasteiger partial charge on any atom is -0.505 e. The van der Waals surface area contributed by atoms with Crippen molar-refractivity contribution in [2.24, 2.45) is 11.7 Å². The minimum absolute atomic E-state index is 0.0462. The molecule has 3 rings (SSSR count). The molecule has 100 valence electrons. The van der Waals surface area contributed by atoms with E-state index in [9.17, 15) is 4.39 Å². The fraction of sp³-hybridized carbons (Fsp3) is 0.385. The molecule has 1 aromatic heterocycles. The van der Waals surface area contributed by atoms with Crippen molar-refractivity contribution in [2.45, 2.75) is 25.3 Å². The first-order valence-electron chi connectivity index (χ1n) is 6.20. The van der Waals surface area contributed by atoms with E-state index in [1.807, 2.05) is 0 Å². The van der Waals surface area contributed by atoms with Gasteiger partial charge in [0.25, 0.3) is 0 Å². The molecular weight excluding hydrogens is 249 g/mol. The van der Waals surface area contributed by atoms with Crippen molar-refractivity contribution in [2.75, 3.05) is 0 Å². The van der Waals surface area contributed by atoms with E-state index in [0.29, 0.717) is 29.6 Å². The van der Waals surface area contributed by atoms with Crippen LogP contribution in [0.15, 0.2) is 22.7 Å². The average molecular weight is 263 g/mol. The van der Waals surface area contributed by atoms with E-state index in [0.717, 1.165) is 12.8 Å². The van der Waals surface area contributed by atoms with Crippen LogP contribution in [0.1, 0.15) is 18.7 Å². The maximum absolute atomic E-state index is 13.2. The molecule has 2 aromatic rings. The van der Waals surface area contributed by atoms with Crippen LogP contribution >= 0.6 is 0 Å². The summed E-state index contributed by atoms with van der Waals surface area (Å²) in [4.78, 5) is 4.20. The van der Waals surface area contributed by atoms with Crippen LogP contribution < -0.4 is 5.73 Å². The molecule has 19 heavy (non-hydrogen) atoms. The number of rotatable bonds is 4. The third-order valence-electron chi connectivity index (χ3n) is 3.31. The van der Waals surface area contributed by atoms with Crippen LogP contribution in [-0.2, 0) is 6.42 Å². The molecule has 0 amide bonds. The van der Waals surface area contributed by atoms with Crippen LogP contribution in [0, 0.1) is 11.7 Å². The van der Waals surface area contributed by atoms with Gasteiger partial charge in [0, 0.05) is 18.0 Å². The lowest BCUT2D eigenvalue weighted by Crippen LogP contribution is -2.25. The fourth-order valence-electron chi connectivity index (χ4n) is 1.99. The van der Waals surface area contributed by atoms with Crippen molar-refractivity contribution in [1.29, 1.82) is 0 Å². The molecule has 1 fully saturated rings. The van der Waals surface area contributed by atoms with E-state index in [2.05, 4.69) is 10.1 Å². The van der Waals surface area contributed by atoms with E-state index in [1.165, 1.54) is 18.2 Å². The summed E-state index contributed by atoms with van der Waals surface area (Å²) in [6, 6.07) is 4.01. The van der Waals surface area contributed by atoms with E-state index in [4.69, 9.17) is 15.4 Å². The van der Waals surface area contributed by atoms with Crippen molar-refractivity contribution in [1.82, 2.24) is 10.1 Å². The molecule has 3 N–H and O–H groups in total. The molecule has 0 saturated heterocycles. The van der Waals surface area contributed by atoms with Gasteiger partial charge in [0.2, 0.25) is 11.7 Å². The molecule has 1 aliphatic rings. The number of phenols is 1. The number of aromatic nitrogens is 2. The molecule has 0 spiro atoms. The molecule has 1 aliphatic carbocycles. The van der Waals surface area contributed by atoms with Gasteiger partial charge in [-0.15, -0.1) is 0 Å². The van der Waals surface area contributed by atoms with E-state index >= 15 is 0 Å². The first-order valence-corrected chi connectivity index (χ1v) is 6.20. The maximum Gasteiger partial charge on any atom is 0.228 e. The molecule has 0 aliphatic heterocycles. The Morgan fingerprint density at radius 2 is 2.26 bits per heavy atom. The first kappa shape index (κ1) is 12.1. The number of nitrogens with zero attached hydrogens (tertiary/aromatic N) is 2. The standard InChI is InChI=1S/C13H14FN3O2/c14-9-5-8(3-4-11(9)18)13-16-12(19-17-13)6-10(15)7-1-2-7/h3-5,7,10,18H,1-2,6,15H2. The van der Waals surface area contributed by atoms with Crippen LogP contribution in [-0.4, -0.2) is 21.3 Å². The zero-order valence-corrected chi connectivity index (χ0v) is 10.2. The number of aromatic hydroxyl groups is 1. The van der Waals surface area contributed by atoms with Crippen molar-refractivity contribution in [3.63, 3.8) is 0 Å². The number of hydrogen-bond acceptors (Lipinski definition) is 5. The lowest BCUT2D eigenvalue weighted by Gasteiger charge is -2.04. The topological polar surface area (TPSA) is 85.2 Å². The number of hydrogen-bond donors (Lipinski definition) is 2. The second-order valence-corrected chi connectivity index (χ2v) is 4.88. The van der Waals surface area contributed by atoms with Gasteiger partial charge in [0.15, 0.2) is 11.6 Å². The Bertz CT molecular complexity index is 595. The monoisotopic (exact) mass is 263 g/mol. The van der Waals surface area contributed by atoms with Crippen LogP contribution in [0.4, 0.5) is 4.39 Å². The van der Waals surface area contributed by atoms with Crippen molar-refractivity contribution < 1.29 is 14.0 Å². The lowest BCUT2D eigenvalue weighted by atomic mass is 10.1. The molecular formula is C13H14FN3O2. The summed E-state index contributed by atoms with van der Waals surface area (Å²) in [6.07, 6.45) is 2.86. The Morgan fingerprint density at radius 1 is 1.47 bits per heavy atom. The summed E-state index contributed by atoms with van der Waals surface area (Å²) in [5, 5.41) is 12.9. The molecule has 1 saturated carbocycles. The molecule has 1 aromatic carbocycles. The summed E-state index contributed by atoms with van der Waals surface area (Å²) >= 11 is 0. The quantitative estimate of drug-likeness (QED) is 0.879. The second kappa shape index (κ2) is 4.62. The zero-order valence-electron chi connectivity index (χ0n) is 10.2. The van der Waals surface area contributed by atoms with Gasteiger partial charge in [-0.3, -0.25) is 0 Å². The molecule has 1 unspecified atom stereocenters. The summed E-state index contributed by atoms with van der Waals surface area (Å²) < 4.78 is 18.4. The number of phenolic OH excluding ortho intramolecular Hbond substituents is 1. The zero-order chi connectivity index (χ0) is 13.4. The van der Waals surface area contributed by atoms with Crippen LogP contribution in [0.5, 0.6) is 5.75 Å². The Balaban J connectivity index is 1.77. The maximum atomic E-state index is 13.2. The molecule has 0 radical (unpaired) electrons. The van der Waals surface area contributed by atoms with Crippen molar-refractivity contribution in [3.05, 3.63) is 29.9 Å². The van der Waals surface area contributed by atoms with E-state index in [-0.39, 0.29) is 6.04 Å². The van der Waals surface area contributed by atoms with Gasteiger partial charge >= 0.3 is 0 Å². The largest absolute Gasteiger partial charge is 0.505 e. The SMILES string of the molecule is NC(Cc1nc(-c2ccc(O)c(F)c2)no1)C1CC1. The molecule has 1 heterocycles. The predicted molar refractivity (Wildman–Crippen MR) is 65.8 cm³/mol. The minimum atomic E-state index is -0.710. The first-order chi connectivity index (χ1) is 9.13. The summed E-state index contributed by atoms with van der Waals surface area (Å²) in [7, 11) is 0. The van der Waals surface area contributed by atoms with Gasteiger partial charge in [-0.2, -0.15) is 4.98 Å². The van der Waals surface area contributed by atoms with Gasteiger partial charge in [-0.1, -0.05) is 5.16 Å². The van der Waals surface area contributed by atoms with Crippen LogP contribution in [0.2, 0.25) is 0 Å². The highest BCUT2D eigenvalue weighted by Crippen LogP contribution is 2.33. The summed E-state index contributed by atoms with van der Waals surface area (Å²) in [5.41, 5.74) is 6.45. The van der Waals surface area contributed by atoms with Crippen LogP contribution in [0.25, 0.3) is 11.4 Å². The van der Waals surface area contributed by atoms with Crippen molar-refractivity contribution >= 4 is 0 Å². The Labute approximate surface area is 109 Å². The predicted octanol–water partition coefficient (Wildman–Crippen LogP) is 1.86. The molecule has 6 heteroatoms. The fourth-order valence-corrected chi connectivity index (χ4v) is 1.99. The van der Waals surface area contributed by atoms with Gasteiger partial charge in [-0.05, 0) is 37.0 Å². The number of benzene rings is 1. The summed E-state index contributed by atoms with van der Waals surface area (Å²) in [6.45, 7) is 0. The molecule has 0 bridgehead atoms. The second-order valence-electron chi connectivity index (χ2n) is 4.88. The normalized spacial score (nSPS) is 16.5. The van der Waals surface area contributed by atoms with Gasteiger partial charge in [-0.25, -0.2) is 4.39 Å². The third-order valence-corrected chi connectivity index (χ3v) is 3.31. The van der Waals surface area contributed by atoms with Gasteiger partial charge < -0.3 is 15.4 Å². The Hall–Kier alpha value is -1.95. The number of nitrogens with two attached hydrogens (primary N) is 1. The highest BCUT2D eigenvalue weighted by Gasteiger charge is 2.29. The lowest BCUT2D eigenvalue weighted by molar-refractivity contribution is 0.364. The molecule has 1 atom stereocenters. The third kappa shape index (κ3) is 2.58. The van der Waals surface area contributed by atoms with Crippen molar-refractivity contribution in [3.8, 4) is 17.1 Å². The van der Waals surface area contributed by atoms with E-state index in [1.54, 1.807) is 0 Å². The van der Waals surface area contributed by atoms with Gasteiger partial charge in [0.1, 0.15) is 0 Å². The smallest absolute Gasteiger partial charge is 0.228 e. The number of halogens is 1. The van der Waals surface area contributed by atoms with E-state index < -0.39 is 11.6 Å². The Kier molecular flexibility index (Phi) is 2.94.